The number of amides is 1. The van der Waals surface area contributed by atoms with E-state index in [-0.39, 0.29) is 17.8 Å². The van der Waals surface area contributed by atoms with Crippen molar-refractivity contribution in [3.63, 3.8) is 0 Å². The highest BCUT2D eigenvalue weighted by atomic mass is 19.4. The maximum absolute atomic E-state index is 12.7. The van der Waals surface area contributed by atoms with Crippen LogP contribution in [0, 0.1) is 11.8 Å². The fourth-order valence-electron chi connectivity index (χ4n) is 4.05. The van der Waals surface area contributed by atoms with E-state index in [1.165, 1.54) is 0 Å². The number of likely N-dealkylation sites (tertiary alicyclic amines) is 1. The summed E-state index contributed by atoms with van der Waals surface area (Å²) in [6, 6.07) is 8.76. The largest absolute Gasteiger partial charge is 0.439 e. The maximum Gasteiger partial charge on any atom is 0.417 e. The van der Waals surface area contributed by atoms with Crippen LogP contribution in [-0.2, 0) is 6.18 Å². The van der Waals surface area contributed by atoms with Gasteiger partial charge in [0.1, 0.15) is 5.75 Å². The van der Waals surface area contributed by atoms with Crippen LogP contribution in [-0.4, -0.2) is 34.9 Å². The minimum absolute atomic E-state index is 0.0409. The fraction of sp³-hybridized carbons (Fsp3) is 0.400. The number of aromatic nitrogens is 1. The molecule has 0 spiro atoms. The van der Waals surface area contributed by atoms with Gasteiger partial charge in [-0.15, -0.1) is 0 Å². The average molecular weight is 391 g/mol. The topological polar surface area (TPSA) is 68.5 Å². The summed E-state index contributed by atoms with van der Waals surface area (Å²) in [7, 11) is 0. The quantitative estimate of drug-likeness (QED) is 0.866. The van der Waals surface area contributed by atoms with Gasteiger partial charge in [-0.3, -0.25) is 4.79 Å². The molecule has 3 atom stereocenters. The number of rotatable bonds is 3. The van der Waals surface area contributed by atoms with Crippen molar-refractivity contribution in [1.29, 1.82) is 0 Å². The Kier molecular flexibility index (Phi) is 4.74. The Morgan fingerprint density at radius 3 is 2.46 bits per heavy atom. The van der Waals surface area contributed by atoms with Crippen LogP contribution in [0.3, 0.4) is 0 Å². The standard InChI is InChI=1S/C20H20F3N3O2/c21-20(22,23)14-4-8-18(25-9-14)28-15-5-1-12(2-6-15)19(27)26-10-13-3-7-17(24)16(13)11-26/h1-2,4-6,8-9,13,16-17H,3,7,10-11,24H2. The van der Waals surface area contributed by atoms with Crippen LogP contribution in [0.1, 0.15) is 28.8 Å². The first-order valence-electron chi connectivity index (χ1n) is 9.17. The second-order valence-corrected chi connectivity index (χ2v) is 7.38. The van der Waals surface area contributed by atoms with E-state index in [4.69, 9.17) is 10.5 Å². The molecule has 2 heterocycles. The van der Waals surface area contributed by atoms with Gasteiger partial charge in [0, 0.05) is 37.0 Å². The van der Waals surface area contributed by atoms with E-state index in [0.717, 1.165) is 37.7 Å². The number of fused-ring (bicyclic) bond motifs is 1. The van der Waals surface area contributed by atoms with Gasteiger partial charge in [-0.1, -0.05) is 0 Å². The Labute approximate surface area is 160 Å². The molecule has 2 aromatic rings. The molecule has 5 nitrogen and oxygen atoms in total. The summed E-state index contributed by atoms with van der Waals surface area (Å²) in [4.78, 5) is 18.2. The van der Waals surface area contributed by atoms with E-state index in [2.05, 4.69) is 4.98 Å². The van der Waals surface area contributed by atoms with Crippen molar-refractivity contribution in [3.05, 3.63) is 53.7 Å². The van der Waals surface area contributed by atoms with Gasteiger partial charge < -0.3 is 15.4 Å². The normalized spacial score (nSPS) is 24.3. The number of halogens is 3. The molecule has 0 bridgehead atoms. The van der Waals surface area contributed by atoms with E-state index in [1.54, 1.807) is 24.3 Å². The van der Waals surface area contributed by atoms with Crippen LogP contribution < -0.4 is 10.5 Å². The molecule has 1 aromatic heterocycles. The van der Waals surface area contributed by atoms with Crippen molar-refractivity contribution in [1.82, 2.24) is 9.88 Å². The number of benzene rings is 1. The summed E-state index contributed by atoms with van der Waals surface area (Å²) in [5.74, 6) is 1.28. The molecule has 28 heavy (non-hydrogen) atoms. The number of pyridine rings is 1. The van der Waals surface area contributed by atoms with Crippen molar-refractivity contribution < 1.29 is 22.7 Å². The third-order valence-electron chi connectivity index (χ3n) is 5.59. The van der Waals surface area contributed by atoms with E-state index >= 15 is 0 Å². The second-order valence-electron chi connectivity index (χ2n) is 7.38. The molecule has 2 fully saturated rings. The molecule has 1 amide bonds. The molecular weight excluding hydrogens is 371 g/mol. The number of alkyl halides is 3. The number of nitrogens with zero attached hydrogens (tertiary/aromatic N) is 2. The Balaban J connectivity index is 1.39. The molecule has 4 rings (SSSR count). The predicted octanol–water partition coefficient (Wildman–Crippen LogP) is 3.70. The van der Waals surface area contributed by atoms with Crippen LogP contribution in [0.5, 0.6) is 11.6 Å². The first kappa shape index (κ1) is 18.7. The van der Waals surface area contributed by atoms with Crippen LogP contribution >= 0.6 is 0 Å². The van der Waals surface area contributed by atoms with Gasteiger partial charge >= 0.3 is 6.18 Å². The van der Waals surface area contributed by atoms with Crippen LogP contribution in [0.25, 0.3) is 0 Å². The van der Waals surface area contributed by atoms with Gasteiger partial charge in [-0.05, 0) is 55.0 Å². The van der Waals surface area contributed by atoms with Crippen LogP contribution in [0.4, 0.5) is 13.2 Å². The zero-order valence-electron chi connectivity index (χ0n) is 15.0. The van der Waals surface area contributed by atoms with E-state index in [1.807, 2.05) is 4.90 Å². The average Bonchev–Trinajstić information content (AvgIpc) is 3.24. The fourth-order valence-corrected chi connectivity index (χ4v) is 4.05. The van der Waals surface area contributed by atoms with Gasteiger partial charge in [0.2, 0.25) is 5.88 Å². The van der Waals surface area contributed by atoms with E-state index in [9.17, 15) is 18.0 Å². The van der Waals surface area contributed by atoms with E-state index < -0.39 is 11.7 Å². The molecule has 1 aliphatic heterocycles. The summed E-state index contributed by atoms with van der Waals surface area (Å²) in [6.45, 7) is 1.43. The van der Waals surface area contributed by atoms with Crippen molar-refractivity contribution >= 4 is 5.91 Å². The highest BCUT2D eigenvalue weighted by Crippen LogP contribution is 2.37. The van der Waals surface area contributed by atoms with Gasteiger partial charge in [-0.2, -0.15) is 13.2 Å². The van der Waals surface area contributed by atoms with Gasteiger partial charge in [0.05, 0.1) is 5.56 Å². The Hall–Kier alpha value is -2.61. The Morgan fingerprint density at radius 1 is 1.11 bits per heavy atom. The number of ether oxygens (including phenoxy) is 1. The monoisotopic (exact) mass is 391 g/mol. The summed E-state index contributed by atoms with van der Waals surface area (Å²) < 4.78 is 43.2. The molecule has 0 radical (unpaired) electrons. The summed E-state index contributed by atoms with van der Waals surface area (Å²) in [6.07, 6.45) is -1.61. The lowest BCUT2D eigenvalue weighted by Gasteiger charge is -2.19. The first-order valence-corrected chi connectivity index (χ1v) is 9.17. The Bertz CT molecular complexity index is 852. The smallest absolute Gasteiger partial charge is 0.417 e. The maximum atomic E-state index is 12.7. The lowest BCUT2D eigenvalue weighted by molar-refractivity contribution is -0.137. The molecule has 1 aliphatic carbocycles. The van der Waals surface area contributed by atoms with Gasteiger partial charge in [0.25, 0.3) is 5.91 Å². The highest BCUT2D eigenvalue weighted by Gasteiger charge is 2.42. The lowest BCUT2D eigenvalue weighted by atomic mass is 9.98. The molecule has 2 N–H and O–H groups in total. The molecule has 148 valence electrons. The van der Waals surface area contributed by atoms with Crippen molar-refractivity contribution in [2.45, 2.75) is 25.1 Å². The molecule has 3 unspecified atom stereocenters. The van der Waals surface area contributed by atoms with Crippen LogP contribution in [0.2, 0.25) is 0 Å². The first-order chi connectivity index (χ1) is 13.3. The van der Waals surface area contributed by atoms with Crippen LogP contribution in [0.15, 0.2) is 42.6 Å². The zero-order chi connectivity index (χ0) is 19.9. The SMILES string of the molecule is NC1CCC2CN(C(=O)c3ccc(Oc4ccc(C(F)(F)F)cn4)cc3)CC12. The molecule has 8 heteroatoms. The van der Waals surface area contributed by atoms with Crippen molar-refractivity contribution in [3.8, 4) is 11.6 Å². The van der Waals surface area contributed by atoms with Gasteiger partial charge in [-0.25, -0.2) is 4.98 Å². The number of hydrogen-bond acceptors (Lipinski definition) is 4. The predicted molar refractivity (Wildman–Crippen MR) is 95.8 cm³/mol. The summed E-state index contributed by atoms with van der Waals surface area (Å²) >= 11 is 0. The summed E-state index contributed by atoms with van der Waals surface area (Å²) in [5, 5.41) is 0. The minimum atomic E-state index is -4.44. The molecule has 2 aliphatic rings. The summed E-state index contributed by atoms with van der Waals surface area (Å²) in [5.41, 5.74) is 5.83. The van der Waals surface area contributed by atoms with Crippen molar-refractivity contribution in [2.24, 2.45) is 17.6 Å². The number of hydrogen-bond donors (Lipinski definition) is 1. The zero-order valence-corrected chi connectivity index (χ0v) is 15.0. The van der Waals surface area contributed by atoms with Crippen molar-refractivity contribution in [2.75, 3.05) is 13.1 Å². The number of carbonyl (C=O) groups excluding carboxylic acids is 1. The molecule has 1 saturated heterocycles. The third-order valence-corrected chi connectivity index (χ3v) is 5.59. The minimum Gasteiger partial charge on any atom is -0.439 e. The molecular formula is C20H20F3N3O2. The van der Waals surface area contributed by atoms with E-state index in [0.29, 0.717) is 29.7 Å². The third kappa shape index (κ3) is 3.69. The Morgan fingerprint density at radius 2 is 1.86 bits per heavy atom. The molecule has 1 saturated carbocycles. The lowest BCUT2D eigenvalue weighted by Crippen LogP contribution is -2.33. The highest BCUT2D eigenvalue weighted by molar-refractivity contribution is 5.94. The number of nitrogens with two attached hydrogens (primary N) is 1. The second kappa shape index (κ2) is 7.09. The van der Waals surface area contributed by atoms with Gasteiger partial charge in [0.15, 0.2) is 0 Å². The molecule has 1 aromatic carbocycles. The number of carbonyl (C=O) groups is 1.